The molecule has 0 aliphatic carbocycles. The van der Waals surface area contributed by atoms with E-state index in [1.165, 1.54) is 33.7 Å². The van der Waals surface area contributed by atoms with Gasteiger partial charge in [-0.2, -0.15) is 18.6 Å². The van der Waals surface area contributed by atoms with E-state index < -0.39 is 20.1 Å². The molecule has 2 saturated heterocycles. The molecular formula is C45H44N12O7S4. The van der Waals surface area contributed by atoms with Crippen molar-refractivity contribution in [3.8, 4) is 45.0 Å². The lowest BCUT2D eigenvalue weighted by Gasteiger charge is -2.08. The predicted molar refractivity (Wildman–Crippen MR) is 259 cm³/mol. The first-order valence-electron chi connectivity index (χ1n) is 21.1. The predicted octanol–water partition coefficient (Wildman–Crippen LogP) is 7.16. The number of nitrogens with one attached hydrogen (secondary N) is 2. The van der Waals surface area contributed by atoms with Crippen molar-refractivity contribution in [2.45, 2.75) is 40.2 Å². The van der Waals surface area contributed by atoms with Gasteiger partial charge in [-0.3, -0.25) is 14.0 Å². The molecule has 2 N–H and O–H groups in total. The fourth-order valence-electron chi connectivity index (χ4n) is 7.53. The summed E-state index contributed by atoms with van der Waals surface area (Å²) in [4.78, 5) is 30.1. The molecular weight excluding hydrogens is 949 g/mol. The van der Waals surface area contributed by atoms with E-state index in [0.717, 1.165) is 80.5 Å². The summed E-state index contributed by atoms with van der Waals surface area (Å²) in [6.45, 7) is 2.46. The van der Waals surface area contributed by atoms with E-state index in [-0.39, 0.29) is 17.0 Å². The number of ether oxygens (including phenoxy) is 2. The summed E-state index contributed by atoms with van der Waals surface area (Å²) >= 11 is 2.99. The van der Waals surface area contributed by atoms with E-state index in [2.05, 4.69) is 61.5 Å². The van der Waals surface area contributed by atoms with Crippen LogP contribution in [-0.2, 0) is 33.8 Å². The molecule has 23 heteroatoms. The summed E-state index contributed by atoms with van der Waals surface area (Å²) < 4.78 is 65.4. The third-order valence-corrected chi connectivity index (χ3v) is 14.2. The van der Waals surface area contributed by atoms with Gasteiger partial charge in [-0.25, -0.2) is 42.3 Å². The number of aromatic nitrogens is 12. The molecule has 68 heavy (non-hydrogen) atoms. The number of aromatic amines is 2. The molecule has 1 aromatic carbocycles. The van der Waals surface area contributed by atoms with Crippen LogP contribution < -0.4 is 0 Å². The number of H-pyrrole nitrogens is 2. The Morgan fingerprint density at radius 1 is 0.765 bits per heavy atom. The Morgan fingerprint density at radius 3 is 2.16 bits per heavy atom. The summed E-state index contributed by atoms with van der Waals surface area (Å²) in [6.07, 6.45) is 20.5. The van der Waals surface area contributed by atoms with E-state index in [9.17, 15) is 16.8 Å². The molecule has 9 aromatic rings. The van der Waals surface area contributed by atoms with Gasteiger partial charge in [-0.15, -0.1) is 0 Å². The lowest BCUT2D eigenvalue weighted by molar-refractivity contribution is 0.146. The summed E-state index contributed by atoms with van der Waals surface area (Å²) in [5, 5.41) is 15.3. The maximum Gasteiger partial charge on any atom is 0.269 e. The number of nitrogens with zero attached hydrogens (tertiary/aromatic N) is 10. The summed E-state index contributed by atoms with van der Waals surface area (Å²) in [5.74, 6) is 0. The number of rotatable bonds is 11. The minimum atomic E-state index is -3.73. The summed E-state index contributed by atoms with van der Waals surface area (Å²) in [5.41, 5.74) is 8.01. The molecule has 350 valence electrons. The Hall–Kier alpha value is -6.34. The van der Waals surface area contributed by atoms with E-state index in [1.807, 2.05) is 53.9 Å². The van der Waals surface area contributed by atoms with E-state index in [4.69, 9.17) is 14.6 Å². The van der Waals surface area contributed by atoms with Crippen molar-refractivity contribution in [3.63, 3.8) is 0 Å². The van der Waals surface area contributed by atoms with Crippen LogP contribution in [0.3, 0.4) is 0 Å². The number of hydrogen-bond donors (Lipinski definition) is 2. The van der Waals surface area contributed by atoms with Crippen molar-refractivity contribution in [1.29, 1.82) is 0 Å². The average Bonchev–Trinajstić information content (AvgIpc) is 4.22. The van der Waals surface area contributed by atoms with Crippen LogP contribution in [0.15, 0.2) is 132 Å². The lowest BCUT2D eigenvalue weighted by Crippen LogP contribution is -2.16. The SMILES string of the molecule is CS(=O)(=O)OC1CCOC1.CSc1nccc(-c2cn(C3CCOC3)nc2-c2cnc3[nH]ccc3c2)n1.CSc1nccc(-c2cn[nH]c2-c2cnc3c(ccn3S(=O)(=O)c3ccccc3)c2)n1. The van der Waals surface area contributed by atoms with Crippen LogP contribution in [0.4, 0.5) is 0 Å². The van der Waals surface area contributed by atoms with Crippen molar-refractivity contribution in [2.75, 3.05) is 45.2 Å². The van der Waals surface area contributed by atoms with Crippen molar-refractivity contribution in [2.24, 2.45) is 0 Å². The van der Waals surface area contributed by atoms with Gasteiger partial charge in [0.2, 0.25) is 0 Å². The molecule has 2 atom stereocenters. The van der Waals surface area contributed by atoms with Crippen LogP contribution in [-0.4, -0.2) is 127 Å². The second kappa shape index (κ2) is 20.5. The first kappa shape index (κ1) is 46.8. The van der Waals surface area contributed by atoms with Gasteiger partial charge in [0.15, 0.2) is 16.0 Å². The van der Waals surface area contributed by atoms with E-state index >= 15 is 0 Å². The Bertz CT molecular complexity index is 3400. The zero-order chi connectivity index (χ0) is 47.3. The fraction of sp³-hybridized carbons (Fsp3) is 0.244. The van der Waals surface area contributed by atoms with Crippen LogP contribution in [0.1, 0.15) is 18.9 Å². The molecule has 0 radical (unpaired) electrons. The quantitative estimate of drug-likeness (QED) is 0.0742. The minimum absolute atomic E-state index is 0.211. The number of thioether (sulfide) groups is 2. The van der Waals surface area contributed by atoms with Gasteiger partial charge in [-0.1, -0.05) is 41.7 Å². The van der Waals surface area contributed by atoms with Crippen LogP contribution in [0.25, 0.3) is 67.1 Å². The Balaban J connectivity index is 0.000000142. The zero-order valence-electron chi connectivity index (χ0n) is 36.8. The number of benzene rings is 1. The standard InChI is InChI=1S/C21H16N6O2S2.C19H18N6OS.C5H10O4S/c1-30-21-22-9-7-18(25-21)17-13-24-26-19(17)15-11-14-8-10-27(20(14)23-12-15)31(28,29)16-5-3-2-4-6-16;1-27-19-21-6-3-16(23-19)15-10-25(14-4-7-26-11-14)24-17(15)13-8-12-2-5-20-18(12)22-9-13;1-10(6,7)9-5-2-3-8-4-5/h2-13H,1H3,(H,24,26);2-3,5-6,8-10,14H,4,7,11H2,1H3,(H,20,22);5H,2-4H2,1H3. The molecule has 0 spiro atoms. The highest BCUT2D eigenvalue weighted by molar-refractivity contribution is 7.98. The number of pyridine rings is 2. The smallest absolute Gasteiger partial charge is 0.269 e. The molecule has 2 fully saturated rings. The number of fused-ring (bicyclic) bond motifs is 2. The van der Waals surface area contributed by atoms with Gasteiger partial charge in [0.25, 0.3) is 20.1 Å². The largest absolute Gasteiger partial charge is 0.379 e. The first-order chi connectivity index (χ1) is 33.0. The van der Waals surface area contributed by atoms with Gasteiger partial charge >= 0.3 is 0 Å². The highest BCUT2D eigenvalue weighted by Crippen LogP contribution is 2.35. The van der Waals surface area contributed by atoms with Crippen LogP contribution in [0.2, 0.25) is 0 Å². The Kier molecular flexibility index (Phi) is 14.1. The van der Waals surface area contributed by atoms with Crippen molar-refractivity contribution in [1.82, 2.24) is 58.8 Å². The van der Waals surface area contributed by atoms with E-state index in [0.29, 0.717) is 42.4 Å². The summed E-state index contributed by atoms with van der Waals surface area (Å²) in [6, 6.07) is 20.0. The Labute approximate surface area is 399 Å². The molecule has 0 amide bonds. The number of hydrogen-bond acceptors (Lipinski definition) is 17. The second-order valence-electron chi connectivity index (χ2n) is 15.4. The molecule has 0 bridgehead atoms. The maximum atomic E-state index is 13.0. The normalized spacial score (nSPS) is 16.1. The molecule has 2 aliphatic heterocycles. The topological polar surface area (TPSA) is 241 Å². The zero-order valence-corrected chi connectivity index (χ0v) is 40.1. The van der Waals surface area contributed by atoms with Crippen LogP contribution >= 0.6 is 23.5 Å². The minimum Gasteiger partial charge on any atom is -0.379 e. The van der Waals surface area contributed by atoms with Gasteiger partial charge in [0, 0.05) is 96.0 Å². The highest BCUT2D eigenvalue weighted by atomic mass is 32.2. The van der Waals surface area contributed by atoms with Gasteiger partial charge in [-0.05, 0) is 67.5 Å². The third-order valence-electron chi connectivity index (χ3n) is 10.8. The van der Waals surface area contributed by atoms with Gasteiger partial charge in [0.05, 0.1) is 53.7 Å². The van der Waals surface area contributed by atoms with Crippen molar-refractivity contribution in [3.05, 3.63) is 116 Å². The Morgan fingerprint density at radius 2 is 1.47 bits per heavy atom. The molecule has 0 saturated carbocycles. The summed E-state index contributed by atoms with van der Waals surface area (Å²) in [7, 11) is -7.02. The second-order valence-corrected chi connectivity index (χ2v) is 20.4. The molecule has 11 rings (SSSR count). The molecule has 2 unspecified atom stereocenters. The molecule has 2 aliphatic rings. The van der Waals surface area contributed by atoms with Crippen molar-refractivity contribution < 1.29 is 30.5 Å². The van der Waals surface area contributed by atoms with Crippen molar-refractivity contribution >= 4 is 65.7 Å². The average molecular weight is 993 g/mol. The first-order valence-corrected chi connectivity index (χ1v) is 26.8. The fourth-order valence-corrected chi connectivity index (χ4v) is 10.2. The molecule has 10 heterocycles. The van der Waals surface area contributed by atoms with Gasteiger partial charge < -0.3 is 14.5 Å². The molecule has 8 aromatic heterocycles. The lowest BCUT2D eigenvalue weighted by atomic mass is 10.1. The van der Waals surface area contributed by atoms with Crippen LogP contribution in [0.5, 0.6) is 0 Å². The van der Waals surface area contributed by atoms with Crippen LogP contribution in [0, 0.1) is 0 Å². The van der Waals surface area contributed by atoms with E-state index in [1.54, 1.807) is 61.2 Å². The molecule has 19 nitrogen and oxygen atoms in total. The highest BCUT2D eigenvalue weighted by Gasteiger charge is 2.24. The third kappa shape index (κ3) is 10.5. The monoisotopic (exact) mass is 992 g/mol. The van der Waals surface area contributed by atoms with Gasteiger partial charge in [0.1, 0.15) is 17.4 Å². The maximum absolute atomic E-state index is 13.0.